The number of aryl methyl sites for hydroxylation is 1. The SMILES string of the molecule is CCc1cc(C(F)(F)F)n2nc(C3CCCN3C3CCSCC3)cc2n1.O=C(O)CC(O)(CC(=O)O)C(=O)O. The Morgan fingerprint density at radius 3 is 2.18 bits per heavy atom. The van der Waals surface area contributed by atoms with Gasteiger partial charge in [-0.05, 0) is 56.2 Å². The molecule has 0 bridgehead atoms. The van der Waals surface area contributed by atoms with E-state index in [1.165, 1.54) is 11.5 Å². The molecule has 4 heterocycles. The Morgan fingerprint density at radius 1 is 1.05 bits per heavy atom. The zero-order chi connectivity index (χ0) is 29.0. The molecular formula is C24H31F3N4O7S. The van der Waals surface area contributed by atoms with Gasteiger partial charge in [0, 0.05) is 17.8 Å². The second-order valence-electron chi connectivity index (χ2n) is 9.54. The van der Waals surface area contributed by atoms with Crippen LogP contribution in [-0.4, -0.2) is 87.5 Å². The van der Waals surface area contributed by atoms with Crippen molar-refractivity contribution in [2.24, 2.45) is 0 Å². The number of alkyl halides is 3. The molecule has 0 aliphatic carbocycles. The number of nitrogens with zero attached hydrogens (tertiary/aromatic N) is 4. The highest BCUT2D eigenvalue weighted by molar-refractivity contribution is 7.99. The zero-order valence-corrected chi connectivity index (χ0v) is 22.0. The van der Waals surface area contributed by atoms with Gasteiger partial charge in [-0.2, -0.15) is 30.0 Å². The standard InChI is InChI=1S/C18H23F3N4S.C6H8O7/c1-2-12-10-16(18(19,20)21)25-17(22-12)11-14(23-25)15-4-3-7-24(15)13-5-8-26-9-6-13;7-3(8)1-6(13,5(11)12)2-4(9)10/h10-11,13,15H,2-9H2,1H3;13H,1-2H2,(H,7,8)(H,9,10)(H,11,12). The molecular weight excluding hydrogens is 545 g/mol. The summed E-state index contributed by atoms with van der Waals surface area (Å²) in [7, 11) is 0. The van der Waals surface area contributed by atoms with Crippen LogP contribution in [0.25, 0.3) is 5.65 Å². The largest absolute Gasteiger partial charge is 0.481 e. The molecule has 4 rings (SSSR count). The second-order valence-corrected chi connectivity index (χ2v) is 10.8. The van der Waals surface area contributed by atoms with Crippen LogP contribution in [0.15, 0.2) is 12.1 Å². The molecule has 2 saturated heterocycles. The first-order valence-corrected chi connectivity index (χ1v) is 13.6. The van der Waals surface area contributed by atoms with Gasteiger partial charge in [-0.25, -0.2) is 14.3 Å². The fourth-order valence-corrected chi connectivity index (χ4v) is 5.95. The fraction of sp³-hybridized carbons (Fsp3) is 0.625. The molecule has 11 nitrogen and oxygen atoms in total. The zero-order valence-electron chi connectivity index (χ0n) is 21.2. The van der Waals surface area contributed by atoms with Crippen LogP contribution in [0.5, 0.6) is 0 Å². The number of aromatic nitrogens is 3. The maximum atomic E-state index is 13.5. The predicted octanol–water partition coefficient (Wildman–Crippen LogP) is 3.09. The lowest BCUT2D eigenvalue weighted by Crippen LogP contribution is -2.42. The fourth-order valence-electron chi connectivity index (χ4n) is 4.86. The number of thioether (sulfide) groups is 1. The molecule has 2 aromatic rings. The van der Waals surface area contributed by atoms with Gasteiger partial charge in [0.2, 0.25) is 0 Å². The number of carbonyl (C=O) groups is 3. The van der Waals surface area contributed by atoms with E-state index in [2.05, 4.69) is 15.0 Å². The normalized spacial score (nSPS) is 19.1. The topological polar surface area (TPSA) is 166 Å². The van der Waals surface area contributed by atoms with Gasteiger partial charge in [-0.3, -0.25) is 14.5 Å². The summed E-state index contributed by atoms with van der Waals surface area (Å²) in [6, 6.07) is 3.51. The average molecular weight is 577 g/mol. The van der Waals surface area contributed by atoms with E-state index in [-0.39, 0.29) is 6.04 Å². The minimum absolute atomic E-state index is 0.107. The number of aliphatic hydroxyl groups is 1. The van der Waals surface area contributed by atoms with Crippen LogP contribution in [0.4, 0.5) is 13.2 Å². The molecule has 0 radical (unpaired) electrons. The molecule has 2 aliphatic rings. The van der Waals surface area contributed by atoms with Crippen LogP contribution in [0.3, 0.4) is 0 Å². The van der Waals surface area contributed by atoms with Crippen molar-refractivity contribution in [2.75, 3.05) is 18.1 Å². The van der Waals surface area contributed by atoms with Gasteiger partial charge in [0.1, 0.15) is 5.69 Å². The Bertz CT molecular complexity index is 1180. The van der Waals surface area contributed by atoms with E-state index in [0.717, 1.165) is 48.5 Å². The first kappa shape index (κ1) is 30.6. The summed E-state index contributed by atoms with van der Waals surface area (Å²) in [5.74, 6) is -2.69. The highest BCUT2D eigenvalue weighted by Gasteiger charge is 2.41. The van der Waals surface area contributed by atoms with E-state index in [0.29, 0.717) is 23.8 Å². The monoisotopic (exact) mass is 576 g/mol. The molecule has 39 heavy (non-hydrogen) atoms. The van der Waals surface area contributed by atoms with E-state index in [4.69, 9.17) is 20.4 Å². The van der Waals surface area contributed by atoms with Gasteiger partial charge in [-0.15, -0.1) is 0 Å². The minimum Gasteiger partial charge on any atom is -0.481 e. The van der Waals surface area contributed by atoms with Crippen LogP contribution in [-0.2, 0) is 27.0 Å². The second kappa shape index (κ2) is 12.5. The highest BCUT2D eigenvalue weighted by atomic mass is 32.2. The van der Waals surface area contributed by atoms with Crippen LogP contribution in [0.2, 0.25) is 0 Å². The van der Waals surface area contributed by atoms with Gasteiger partial charge in [-0.1, -0.05) is 6.92 Å². The minimum atomic E-state index is -4.44. The van der Waals surface area contributed by atoms with Crippen molar-refractivity contribution in [3.8, 4) is 0 Å². The third-order valence-corrected chi connectivity index (χ3v) is 7.78. The molecule has 2 aliphatic heterocycles. The van der Waals surface area contributed by atoms with Crippen molar-refractivity contribution in [1.29, 1.82) is 0 Å². The van der Waals surface area contributed by atoms with Gasteiger partial charge in [0.05, 0.1) is 24.6 Å². The average Bonchev–Trinajstić information content (AvgIpc) is 3.49. The molecule has 1 atom stereocenters. The van der Waals surface area contributed by atoms with Crippen LogP contribution < -0.4 is 0 Å². The molecule has 2 fully saturated rings. The van der Waals surface area contributed by atoms with Crippen LogP contribution in [0.1, 0.15) is 68.6 Å². The number of halogens is 3. The van der Waals surface area contributed by atoms with Gasteiger partial charge in [0.25, 0.3) is 0 Å². The summed E-state index contributed by atoms with van der Waals surface area (Å²) in [5, 5.41) is 38.2. The third kappa shape index (κ3) is 7.60. The Morgan fingerprint density at radius 2 is 1.67 bits per heavy atom. The molecule has 4 N–H and O–H groups in total. The number of rotatable bonds is 8. The molecule has 1 unspecified atom stereocenters. The van der Waals surface area contributed by atoms with Crippen molar-refractivity contribution in [3.63, 3.8) is 0 Å². The predicted molar refractivity (Wildman–Crippen MR) is 133 cm³/mol. The number of hydrogen-bond donors (Lipinski definition) is 4. The lowest BCUT2D eigenvalue weighted by atomic mass is 9.96. The number of hydrogen-bond acceptors (Lipinski definition) is 8. The van der Waals surface area contributed by atoms with Gasteiger partial charge in [0.15, 0.2) is 11.2 Å². The quantitative estimate of drug-likeness (QED) is 0.365. The number of fused-ring (bicyclic) bond motifs is 1. The summed E-state index contributed by atoms with van der Waals surface area (Å²) < 4.78 is 41.4. The lowest BCUT2D eigenvalue weighted by molar-refractivity contribution is -0.170. The van der Waals surface area contributed by atoms with Crippen molar-refractivity contribution >= 4 is 35.3 Å². The third-order valence-electron chi connectivity index (χ3n) is 6.73. The maximum Gasteiger partial charge on any atom is 0.433 e. The maximum absolute atomic E-state index is 13.5. The smallest absolute Gasteiger partial charge is 0.433 e. The molecule has 15 heteroatoms. The summed E-state index contributed by atoms with van der Waals surface area (Å²) in [4.78, 5) is 37.3. The van der Waals surface area contributed by atoms with E-state index < -0.39 is 48.2 Å². The Kier molecular flexibility index (Phi) is 9.83. The lowest BCUT2D eigenvalue weighted by Gasteiger charge is -2.34. The number of aliphatic carboxylic acids is 3. The molecule has 0 spiro atoms. The molecule has 0 saturated carbocycles. The van der Waals surface area contributed by atoms with Gasteiger partial charge >= 0.3 is 24.1 Å². The number of likely N-dealkylation sites (tertiary alicyclic amines) is 1. The van der Waals surface area contributed by atoms with Crippen molar-refractivity contribution in [1.82, 2.24) is 19.5 Å². The van der Waals surface area contributed by atoms with E-state index in [1.807, 2.05) is 18.7 Å². The van der Waals surface area contributed by atoms with Crippen LogP contribution in [0, 0.1) is 0 Å². The van der Waals surface area contributed by atoms with E-state index >= 15 is 0 Å². The Hall–Kier alpha value is -2.91. The van der Waals surface area contributed by atoms with Crippen molar-refractivity contribution in [3.05, 3.63) is 29.2 Å². The number of carboxylic acids is 3. The van der Waals surface area contributed by atoms with Crippen molar-refractivity contribution < 1.29 is 48.0 Å². The van der Waals surface area contributed by atoms with Crippen LogP contribution >= 0.6 is 11.8 Å². The summed E-state index contributed by atoms with van der Waals surface area (Å²) in [6.07, 6.45) is -1.93. The number of carboxylic acid groups (broad SMARTS) is 3. The van der Waals surface area contributed by atoms with Crippen molar-refractivity contribution in [2.45, 2.75) is 75.7 Å². The van der Waals surface area contributed by atoms with E-state index in [9.17, 15) is 27.6 Å². The van der Waals surface area contributed by atoms with E-state index in [1.54, 1.807) is 6.07 Å². The molecule has 0 amide bonds. The summed E-state index contributed by atoms with van der Waals surface area (Å²) >= 11 is 1.99. The highest BCUT2D eigenvalue weighted by Crippen LogP contribution is 2.38. The molecule has 2 aromatic heterocycles. The Balaban J connectivity index is 0.000000276. The molecule has 0 aromatic carbocycles. The first-order valence-electron chi connectivity index (χ1n) is 12.4. The first-order chi connectivity index (χ1) is 18.2. The Labute approximate surface area is 226 Å². The molecule has 216 valence electrons. The summed E-state index contributed by atoms with van der Waals surface area (Å²) in [6.45, 7) is 2.82. The summed E-state index contributed by atoms with van der Waals surface area (Å²) in [5.41, 5.74) is -1.99. The van der Waals surface area contributed by atoms with Gasteiger partial charge < -0.3 is 20.4 Å².